The van der Waals surface area contributed by atoms with Gasteiger partial charge in [0.25, 0.3) is 0 Å². The van der Waals surface area contributed by atoms with Gasteiger partial charge in [0, 0.05) is 17.9 Å². The van der Waals surface area contributed by atoms with E-state index in [4.69, 9.17) is 5.11 Å². The van der Waals surface area contributed by atoms with Gasteiger partial charge in [0.1, 0.15) is 0 Å². The van der Waals surface area contributed by atoms with Crippen molar-refractivity contribution in [3.63, 3.8) is 0 Å². The smallest absolute Gasteiger partial charge is 0.0942 e. The first kappa shape index (κ1) is 13.6. The van der Waals surface area contributed by atoms with Gasteiger partial charge in [0.05, 0.1) is 24.1 Å². The maximum Gasteiger partial charge on any atom is 0.0942 e. The predicted octanol–water partition coefficient (Wildman–Crippen LogP) is 1.25. The minimum atomic E-state index is -0.740. The molecule has 1 atom stereocenters. The third-order valence-corrected chi connectivity index (χ3v) is 2.87. The van der Waals surface area contributed by atoms with E-state index in [1.807, 2.05) is 48.9 Å². The highest BCUT2D eigenvalue weighted by molar-refractivity contribution is 5.49. The Morgan fingerprint density at radius 2 is 1.95 bits per heavy atom. The number of hydrogen-bond acceptors (Lipinski definition) is 4. The van der Waals surface area contributed by atoms with Crippen LogP contribution in [-0.2, 0) is 0 Å². The second-order valence-electron chi connectivity index (χ2n) is 4.60. The summed E-state index contributed by atoms with van der Waals surface area (Å²) in [4.78, 5) is 0. The number of nitrogens with one attached hydrogen (secondary N) is 1. The molecule has 0 saturated carbocycles. The van der Waals surface area contributed by atoms with E-state index in [0.717, 1.165) is 22.8 Å². The zero-order chi connectivity index (χ0) is 13.8. The molecule has 0 aliphatic heterocycles. The summed E-state index contributed by atoms with van der Waals surface area (Å²) in [7, 11) is 0. The Bertz CT molecular complexity index is 534. The van der Waals surface area contributed by atoms with Gasteiger partial charge in [0.2, 0.25) is 0 Å². The van der Waals surface area contributed by atoms with Crippen molar-refractivity contribution in [2.75, 3.05) is 18.5 Å². The van der Waals surface area contributed by atoms with E-state index in [0.29, 0.717) is 6.54 Å². The predicted molar refractivity (Wildman–Crippen MR) is 74.6 cm³/mol. The van der Waals surface area contributed by atoms with Crippen molar-refractivity contribution in [2.45, 2.75) is 20.0 Å². The molecule has 1 aromatic heterocycles. The zero-order valence-electron chi connectivity index (χ0n) is 11.2. The molecule has 0 fully saturated rings. The van der Waals surface area contributed by atoms with Gasteiger partial charge < -0.3 is 15.5 Å². The van der Waals surface area contributed by atoms with E-state index in [1.165, 1.54) is 0 Å². The monoisotopic (exact) mass is 261 g/mol. The van der Waals surface area contributed by atoms with Crippen LogP contribution in [-0.4, -0.2) is 39.2 Å². The lowest BCUT2D eigenvalue weighted by molar-refractivity contribution is 0.105. The molecule has 0 aliphatic carbocycles. The van der Waals surface area contributed by atoms with Crippen LogP contribution >= 0.6 is 0 Å². The third kappa shape index (κ3) is 3.33. The van der Waals surface area contributed by atoms with Crippen LogP contribution in [0.15, 0.2) is 30.3 Å². The lowest BCUT2D eigenvalue weighted by Crippen LogP contribution is -2.22. The van der Waals surface area contributed by atoms with Crippen molar-refractivity contribution in [1.82, 2.24) is 9.78 Å². The SMILES string of the molecule is Cc1cc(C)n(-c2ccc(NCC(O)CO)cc2)n1. The first-order valence-corrected chi connectivity index (χ1v) is 6.26. The van der Waals surface area contributed by atoms with Crippen LogP contribution in [0.2, 0.25) is 0 Å². The average molecular weight is 261 g/mol. The maximum absolute atomic E-state index is 9.26. The lowest BCUT2D eigenvalue weighted by atomic mass is 10.2. The Labute approximate surface area is 112 Å². The van der Waals surface area contributed by atoms with Crippen LogP contribution in [0.1, 0.15) is 11.4 Å². The van der Waals surface area contributed by atoms with Crippen molar-refractivity contribution in [2.24, 2.45) is 0 Å². The highest BCUT2D eigenvalue weighted by Gasteiger charge is 2.04. The first-order chi connectivity index (χ1) is 9.10. The van der Waals surface area contributed by atoms with Crippen LogP contribution in [0.5, 0.6) is 0 Å². The van der Waals surface area contributed by atoms with Gasteiger partial charge in [-0.2, -0.15) is 5.10 Å². The fourth-order valence-corrected chi connectivity index (χ4v) is 1.91. The Morgan fingerprint density at radius 1 is 1.26 bits per heavy atom. The molecule has 2 aromatic rings. The van der Waals surface area contributed by atoms with Gasteiger partial charge in [-0.3, -0.25) is 0 Å². The molecule has 1 aromatic carbocycles. The average Bonchev–Trinajstić information content (AvgIpc) is 2.75. The topological polar surface area (TPSA) is 70.3 Å². The number of aromatic nitrogens is 2. The minimum Gasteiger partial charge on any atom is -0.394 e. The summed E-state index contributed by atoms with van der Waals surface area (Å²) in [6, 6.07) is 9.82. The molecule has 0 radical (unpaired) electrons. The van der Waals surface area contributed by atoms with Crippen LogP contribution in [0.25, 0.3) is 5.69 Å². The number of aryl methyl sites for hydroxylation is 2. The summed E-state index contributed by atoms with van der Waals surface area (Å²) >= 11 is 0. The highest BCUT2D eigenvalue weighted by Crippen LogP contribution is 2.15. The van der Waals surface area contributed by atoms with Crippen LogP contribution in [0.4, 0.5) is 5.69 Å². The van der Waals surface area contributed by atoms with E-state index in [9.17, 15) is 5.11 Å². The molecule has 0 saturated heterocycles. The quantitative estimate of drug-likeness (QED) is 0.757. The first-order valence-electron chi connectivity index (χ1n) is 6.26. The molecule has 1 unspecified atom stereocenters. The molecule has 1 heterocycles. The van der Waals surface area contributed by atoms with Crippen molar-refractivity contribution >= 4 is 5.69 Å². The van der Waals surface area contributed by atoms with Gasteiger partial charge in [-0.05, 0) is 44.2 Å². The fourth-order valence-electron chi connectivity index (χ4n) is 1.91. The number of hydrogen-bond donors (Lipinski definition) is 3. The number of rotatable bonds is 5. The Kier molecular flexibility index (Phi) is 4.19. The number of nitrogens with zero attached hydrogens (tertiary/aromatic N) is 2. The van der Waals surface area contributed by atoms with E-state index in [1.54, 1.807) is 0 Å². The van der Waals surface area contributed by atoms with Crippen molar-refractivity contribution < 1.29 is 10.2 Å². The summed E-state index contributed by atoms with van der Waals surface area (Å²) in [6.07, 6.45) is -0.740. The van der Waals surface area contributed by atoms with E-state index in [2.05, 4.69) is 10.4 Å². The standard InChI is InChI=1S/C14H19N3O2/c1-10-7-11(2)17(16-10)13-5-3-12(4-6-13)15-8-14(19)9-18/h3-7,14-15,18-19H,8-9H2,1-2H3. The molecule has 3 N–H and O–H groups in total. The summed E-state index contributed by atoms with van der Waals surface area (Å²) in [5, 5.41) is 25.5. The number of anilines is 1. The third-order valence-electron chi connectivity index (χ3n) is 2.87. The summed E-state index contributed by atoms with van der Waals surface area (Å²) in [6.45, 7) is 4.08. The fraction of sp³-hybridized carbons (Fsp3) is 0.357. The maximum atomic E-state index is 9.26. The second-order valence-corrected chi connectivity index (χ2v) is 4.60. The van der Waals surface area contributed by atoms with Crippen molar-refractivity contribution in [3.05, 3.63) is 41.7 Å². The largest absolute Gasteiger partial charge is 0.394 e. The van der Waals surface area contributed by atoms with Crippen LogP contribution in [0, 0.1) is 13.8 Å². The number of aliphatic hydroxyl groups excluding tert-OH is 2. The van der Waals surface area contributed by atoms with Gasteiger partial charge in [0.15, 0.2) is 0 Å². The molecule has 0 bridgehead atoms. The molecule has 5 heteroatoms. The molecule has 0 amide bonds. The van der Waals surface area contributed by atoms with Gasteiger partial charge in [-0.1, -0.05) is 0 Å². The normalized spacial score (nSPS) is 12.4. The van der Waals surface area contributed by atoms with E-state index in [-0.39, 0.29) is 6.61 Å². The molecule has 0 spiro atoms. The Balaban J connectivity index is 2.08. The second kappa shape index (κ2) is 5.86. The molecule has 102 valence electrons. The molecule has 5 nitrogen and oxygen atoms in total. The Morgan fingerprint density at radius 3 is 2.47 bits per heavy atom. The molecule has 2 rings (SSSR count). The summed E-state index contributed by atoms with van der Waals surface area (Å²) in [5.74, 6) is 0. The van der Waals surface area contributed by atoms with Gasteiger partial charge >= 0.3 is 0 Å². The lowest BCUT2D eigenvalue weighted by Gasteiger charge is -2.11. The van der Waals surface area contributed by atoms with Crippen LogP contribution < -0.4 is 5.32 Å². The minimum absolute atomic E-state index is 0.239. The molecule has 19 heavy (non-hydrogen) atoms. The number of benzene rings is 1. The molecular weight excluding hydrogens is 242 g/mol. The highest BCUT2D eigenvalue weighted by atomic mass is 16.3. The van der Waals surface area contributed by atoms with E-state index >= 15 is 0 Å². The van der Waals surface area contributed by atoms with E-state index < -0.39 is 6.10 Å². The molecular formula is C14H19N3O2. The zero-order valence-corrected chi connectivity index (χ0v) is 11.2. The van der Waals surface area contributed by atoms with Crippen molar-refractivity contribution in [1.29, 1.82) is 0 Å². The number of aliphatic hydroxyl groups is 2. The summed E-state index contributed by atoms with van der Waals surface area (Å²) < 4.78 is 1.89. The summed E-state index contributed by atoms with van der Waals surface area (Å²) in [5.41, 5.74) is 3.98. The van der Waals surface area contributed by atoms with Crippen LogP contribution in [0.3, 0.4) is 0 Å². The Hall–Kier alpha value is -1.85. The van der Waals surface area contributed by atoms with Crippen molar-refractivity contribution in [3.8, 4) is 5.69 Å². The van der Waals surface area contributed by atoms with Gasteiger partial charge in [-0.25, -0.2) is 4.68 Å². The van der Waals surface area contributed by atoms with Gasteiger partial charge in [-0.15, -0.1) is 0 Å². The molecule has 0 aliphatic rings.